The van der Waals surface area contributed by atoms with Crippen LogP contribution in [0.15, 0.2) is 18.5 Å². The molecule has 0 bridgehead atoms. The second kappa shape index (κ2) is 7.85. The van der Waals surface area contributed by atoms with Crippen LogP contribution in [0.4, 0.5) is 0 Å². The smallest absolute Gasteiger partial charge is 0.0634 e. The topological polar surface area (TPSA) is 34.1 Å². The molecule has 0 fully saturated rings. The van der Waals surface area contributed by atoms with Crippen LogP contribution in [0.2, 0.25) is 5.02 Å². The molecule has 0 saturated carbocycles. The van der Waals surface area contributed by atoms with Crippen LogP contribution in [0.25, 0.3) is 0 Å². The van der Waals surface area contributed by atoms with Crippen molar-refractivity contribution in [2.24, 2.45) is 0 Å². The number of methoxy groups -OCH3 is 1. The van der Waals surface area contributed by atoms with Gasteiger partial charge in [-0.25, -0.2) is 0 Å². The first kappa shape index (κ1) is 13.7. The number of pyridine rings is 1. The number of hydrogen-bond acceptors (Lipinski definition) is 3. The third-order valence-corrected chi connectivity index (χ3v) is 2.82. The summed E-state index contributed by atoms with van der Waals surface area (Å²) in [6.45, 7) is 1.35. The Labute approximate surface area is 106 Å². The minimum Gasteiger partial charge on any atom is -0.383 e. The molecule has 0 aliphatic rings. The number of alkyl halides is 1. The molecule has 3 nitrogen and oxygen atoms in total. The highest BCUT2D eigenvalue weighted by molar-refractivity contribution is 6.31. The van der Waals surface area contributed by atoms with E-state index in [1.54, 1.807) is 19.5 Å². The van der Waals surface area contributed by atoms with Crippen molar-refractivity contribution in [1.82, 2.24) is 10.3 Å². The standard InChI is InChI=1S/C11H16Cl2N2O/c1-16-8-10(2-4-12)15-6-9-3-5-14-7-11(9)13/h3,5,7,10,15H,2,4,6,8H2,1H3. The van der Waals surface area contributed by atoms with Gasteiger partial charge in [-0.2, -0.15) is 0 Å². The van der Waals surface area contributed by atoms with Crippen molar-refractivity contribution in [3.63, 3.8) is 0 Å². The van der Waals surface area contributed by atoms with E-state index in [0.717, 1.165) is 12.0 Å². The largest absolute Gasteiger partial charge is 0.383 e. The summed E-state index contributed by atoms with van der Waals surface area (Å²) in [5.74, 6) is 0.616. The number of aromatic nitrogens is 1. The molecule has 1 N–H and O–H groups in total. The predicted octanol–water partition coefficient (Wildman–Crippen LogP) is 2.47. The van der Waals surface area contributed by atoms with E-state index in [9.17, 15) is 0 Å². The highest BCUT2D eigenvalue weighted by Crippen LogP contribution is 2.13. The predicted molar refractivity (Wildman–Crippen MR) is 67.1 cm³/mol. The number of halogens is 2. The molecule has 0 aliphatic heterocycles. The van der Waals surface area contributed by atoms with Gasteiger partial charge in [0.15, 0.2) is 0 Å². The Morgan fingerprint density at radius 3 is 3.00 bits per heavy atom. The first-order valence-electron chi connectivity index (χ1n) is 5.14. The van der Waals surface area contributed by atoms with Gasteiger partial charge in [0.05, 0.1) is 11.6 Å². The monoisotopic (exact) mass is 262 g/mol. The van der Waals surface area contributed by atoms with Crippen molar-refractivity contribution in [3.8, 4) is 0 Å². The Morgan fingerprint density at radius 2 is 2.38 bits per heavy atom. The maximum Gasteiger partial charge on any atom is 0.0634 e. The van der Waals surface area contributed by atoms with Crippen molar-refractivity contribution >= 4 is 23.2 Å². The number of hydrogen-bond donors (Lipinski definition) is 1. The molecule has 0 aliphatic carbocycles. The van der Waals surface area contributed by atoms with Gasteiger partial charge in [0.2, 0.25) is 0 Å². The lowest BCUT2D eigenvalue weighted by atomic mass is 10.2. The Hall–Kier alpha value is -0.350. The maximum atomic E-state index is 6.00. The number of nitrogens with zero attached hydrogens (tertiary/aromatic N) is 1. The molecule has 16 heavy (non-hydrogen) atoms. The average Bonchev–Trinajstić information content (AvgIpc) is 2.28. The van der Waals surface area contributed by atoms with E-state index >= 15 is 0 Å². The Kier molecular flexibility index (Phi) is 6.73. The lowest BCUT2D eigenvalue weighted by Gasteiger charge is -2.17. The third-order valence-electron chi connectivity index (χ3n) is 2.26. The van der Waals surface area contributed by atoms with Gasteiger partial charge in [-0.3, -0.25) is 4.98 Å². The van der Waals surface area contributed by atoms with Crippen LogP contribution in [-0.2, 0) is 11.3 Å². The molecule has 1 unspecified atom stereocenters. The van der Waals surface area contributed by atoms with E-state index in [-0.39, 0.29) is 6.04 Å². The average molecular weight is 263 g/mol. The van der Waals surface area contributed by atoms with Crippen LogP contribution in [-0.4, -0.2) is 30.6 Å². The summed E-state index contributed by atoms with van der Waals surface area (Å²) in [5, 5.41) is 4.03. The van der Waals surface area contributed by atoms with Gasteiger partial charge in [0.25, 0.3) is 0 Å². The molecule has 1 atom stereocenters. The van der Waals surface area contributed by atoms with E-state index in [4.69, 9.17) is 27.9 Å². The molecule has 90 valence electrons. The molecule has 0 spiro atoms. The van der Waals surface area contributed by atoms with Gasteiger partial charge in [-0.15, -0.1) is 11.6 Å². The summed E-state index contributed by atoms with van der Waals surface area (Å²) in [6.07, 6.45) is 4.25. The zero-order chi connectivity index (χ0) is 11.8. The Balaban J connectivity index is 2.45. The second-order valence-electron chi connectivity index (χ2n) is 3.48. The highest BCUT2D eigenvalue weighted by Gasteiger charge is 2.08. The van der Waals surface area contributed by atoms with Crippen LogP contribution in [0.1, 0.15) is 12.0 Å². The third kappa shape index (κ3) is 4.66. The molecule has 1 rings (SSSR count). The SMILES string of the molecule is COCC(CCCl)NCc1ccncc1Cl. The van der Waals surface area contributed by atoms with Crippen molar-refractivity contribution in [2.75, 3.05) is 19.6 Å². The van der Waals surface area contributed by atoms with E-state index in [1.807, 2.05) is 6.07 Å². The summed E-state index contributed by atoms with van der Waals surface area (Å²) >= 11 is 11.7. The van der Waals surface area contributed by atoms with Crippen LogP contribution >= 0.6 is 23.2 Å². The van der Waals surface area contributed by atoms with Crippen LogP contribution in [0.3, 0.4) is 0 Å². The van der Waals surface area contributed by atoms with Crippen molar-refractivity contribution in [2.45, 2.75) is 19.0 Å². The van der Waals surface area contributed by atoms with Crippen LogP contribution in [0.5, 0.6) is 0 Å². The van der Waals surface area contributed by atoms with Crippen molar-refractivity contribution < 1.29 is 4.74 Å². The minimum absolute atomic E-state index is 0.256. The van der Waals surface area contributed by atoms with E-state index in [0.29, 0.717) is 24.1 Å². The zero-order valence-electron chi connectivity index (χ0n) is 9.25. The van der Waals surface area contributed by atoms with Gasteiger partial charge < -0.3 is 10.1 Å². The fourth-order valence-electron chi connectivity index (χ4n) is 1.38. The molecule has 0 aromatic carbocycles. The fourth-order valence-corrected chi connectivity index (χ4v) is 1.83. The fraction of sp³-hybridized carbons (Fsp3) is 0.545. The number of nitrogens with one attached hydrogen (secondary N) is 1. The molecule has 1 aromatic rings. The van der Waals surface area contributed by atoms with Crippen molar-refractivity contribution in [3.05, 3.63) is 29.0 Å². The molecular formula is C11H16Cl2N2O. The Bertz CT molecular complexity index is 304. The molecule has 5 heteroatoms. The van der Waals surface area contributed by atoms with Gasteiger partial charge in [-0.05, 0) is 18.1 Å². The van der Waals surface area contributed by atoms with Gasteiger partial charge in [0.1, 0.15) is 0 Å². The molecule has 0 radical (unpaired) electrons. The van der Waals surface area contributed by atoms with Gasteiger partial charge in [-0.1, -0.05) is 11.6 Å². The van der Waals surface area contributed by atoms with E-state index in [2.05, 4.69) is 10.3 Å². The highest BCUT2D eigenvalue weighted by atomic mass is 35.5. The maximum absolute atomic E-state index is 6.00. The summed E-state index contributed by atoms with van der Waals surface area (Å²) < 4.78 is 5.11. The first-order valence-corrected chi connectivity index (χ1v) is 6.06. The normalized spacial score (nSPS) is 12.7. The number of rotatable bonds is 7. The van der Waals surface area contributed by atoms with E-state index in [1.165, 1.54) is 0 Å². The first-order chi connectivity index (χ1) is 7.77. The Morgan fingerprint density at radius 1 is 1.56 bits per heavy atom. The molecular weight excluding hydrogens is 247 g/mol. The summed E-state index contributed by atoms with van der Waals surface area (Å²) in [4.78, 5) is 3.94. The second-order valence-corrected chi connectivity index (χ2v) is 4.26. The lowest BCUT2D eigenvalue weighted by Crippen LogP contribution is -2.33. The lowest BCUT2D eigenvalue weighted by molar-refractivity contribution is 0.164. The zero-order valence-corrected chi connectivity index (χ0v) is 10.8. The van der Waals surface area contributed by atoms with Crippen LogP contribution in [0, 0.1) is 0 Å². The number of ether oxygens (including phenoxy) is 1. The van der Waals surface area contributed by atoms with Gasteiger partial charge in [0, 0.05) is 38.0 Å². The summed E-state index contributed by atoms with van der Waals surface area (Å²) in [5.41, 5.74) is 1.03. The quantitative estimate of drug-likeness (QED) is 0.767. The molecule has 0 saturated heterocycles. The molecule has 1 heterocycles. The van der Waals surface area contributed by atoms with Gasteiger partial charge >= 0.3 is 0 Å². The summed E-state index contributed by atoms with van der Waals surface area (Å²) in [7, 11) is 1.68. The molecule has 1 aromatic heterocycles. The van der Waals surface area contributed by atoms with Crippen molar-refractivity contribution in [1.29, 1.82) is 0 Å². The van der Waals surface area contributed by atoms with Crippen LogP contribution < -0.4 is 5.32 Å². The molecule has 0 amide bonds. The summed E-state index contributed by atoms with van der Waals surface area (Å²) in [6, 6.07) is 2.16. The minimum atomic E-state index is 0.256. The van der Waals surface area contributed by atoms with E-state index < -0.39 is 0 Å².